The second kappa shape index (κ2) is 6.05. The molecule has 5 nitrogen and oxygen atoms in total. The molecule has 0 saturated carbocycles. The second-order valence-electron chi connectivity index (χ2n) is 5.03. The van der Waals surface area contributed by atoms with Crippen molar-refractivity contribution in [2.75, 3.05) is 13.7 Å². The summed E-state index contributed by atoms with van der Waals surface area (Å²) in [7, 11) is 1.49. The predicted octanol–water partition coefficient (Wildman–Crippen LogP) is 1.70. The Bertz CT molecular complexity index is 488. The Morgan fingerprint density at radius 1 is 1.35 bits per heavy atom. The highest BCUT2D eigenvalue weighted by molar-refractivity contribution is 5.84. The summed E-state index contributed by atoms with van der Waals surface area (Å²) in [6, 6.07) is 8.94. The number of benzene rings is 1. The summed E-state index contributed by atoms with van der Waals surface area (Å²) in [6.07, 6.45) is -0.181. The van der Waals surface area contributed by atoms with Gasteiger partial charge in [0.15, 0.2) is 6.10 Å². The fourth-order valence-corrected chi connectivity index (χ4v) is 2.74. The van der Waals surface area contributed by atoms with E-state index in [0.29, 0.717) is 13.0 Å². The van der Waals surface area contributed by atoms with Crippen LogP contribution in [0.5, 0.6) is 0 Å². The van der Waals surface area contributed by atoms with E-state index in [4.69, 9.17) is 9.84 Å². The summed E-state index contributed by atoms with van der Waals surface area (Å²) in [5.74, 6) is -1.51. The van der Waals surface area contributed by atoms with Gasteiger partial charge in [0.1, 0.15) is 0 Å². The zero-order valence-corrected chi connectivity index (χ0v) is 11.7. The van der Waals surface area contributed by atoms with Crippen LogP contribution in [0.1, 0.15) is 25.0 Å². The van der Waals surface area contributed by atoms with Crippen molar-refractivity contribution >= 4 is 11.9 Å². The molecule has 108 valence electrons. The zero-order valence-electron chi connectivity index (χ0n) is 11.7. The standard InChI is InChI=1S/C15H19NO4/c1-10-12(15(18)19)8-9-16(10)14(17)13(20-2)11-6-4-3-5-7-11/h3-7,10,12-13H,8-9H2,1-2H3,(H,18,19). The molecule has 0 aromatic heterocycles. The molecular weight excluding hydrogens is 258 g/mol. The molecule has 1 amide bonds. The molecular formula is C15H19NO4. The minimum atomic E-state index is -0.846. The van der Waals surface area contributed by atoms with Crippen LogP contribution < -0.4 is 0 Å². The van der Waals surface area contributed by atoms with Crippen LogP contribution in [0.15, 0.2) is 30.3 Å². The molecule has 0 radical (unpaired) electrons. The van der Waals surface area contributed by atoms with Crippen LogP contribution in [0, 0.1) is 5.92 Å². The molecule has 1 aliphatic heterocycles. The van der Waals surface area contributed by atoms with Crippen molar-refractivity contribution in [2.45, 2.75) is 25.5 Å². The first kappa shape index (κ1) is 14.5. The van der Waals surface area contributed by atoms with Gasteiger partial charge in [-0.25, -0.2) is 0 Å². The molecule has 0 aliphatic carbocycles. The first-order chi connectivity index (χ1) is 9.56. The monoisotopic (exact) mass is 277 g/mol. The van der Waals surface area contributed by atoms with Crippen molar-refractivity contribution in [1.82, 2.24) is 4.90 Å². The molecule has 1 heterocycles. The molecule has 3 atom stereocenters. The molecule has 1 saturated heterocycles. The molecule has 1 aromatic rings. The van der Waals surface area contributed by atoms with Crippen LogP contribution in [0.25, 0.3) is 0 Å². The van der Waals surface area contributed by atoms with Crippen molar-refractivity contribution in [3.8, 4) is 0 Å². The van der Waals surface area contributed by atoms with Gasteiger partial charge in [0, 0.05) is 19.7 Å². The van der Waals surface area contributed by atoms with Crippen LogP contribution in [0.2, 0.25) is 0 Å². The Morgan fingerprint density at radius 3 is 2.50 bits per heavy atom. The van der Waals surface area contributed by atoms with E-state index < -0.39 is 18.0 Å². The molecule has 2 rings (SSSR count). The van der Waals surface area contributed by atoms with Gasteiger partial charge in [0.25, 0.3) is 5.91 Å². The number of carboxylic acid groups (broad SMARTS) is 1. The normalized spacial score (nSPS) is 23.6. The first-order valence-electron chi connectivity index (χ1n) is 6.67. The van der Waals surface area contributed by atoms with Crippen LogP contribution in [0.3, 0.4) is 0 Å². The van der Waals surface area contributed by atoms with Gasteiger partial charge < -0.3 is 14.7 Å². The zero-order chi connectivity index (χ0) is 14.7. The molecule has 5 heteroatoms. The molecule has 0 spiro atoms. The van der Waals surface area contributed by atoms with E-state index in [0.717, 1.165) is 5.56 Å². The third-order valence-corrected chi connectivity index (χ3v) is 3.92. The number of nitrogens with zero attached hydrogens (tertiary/aromatic N) is 1. The third-order valence-electron chi connectivity index (χ3n) is 3.92. The lowest BCUT2D eigenvalue weighted by Gasteiger charge is -2.27. The second-order valence-corrected chi connectivity index (χ2v) is 5.03. The summed E-state index contributed by atoms with van der Waals surface area (Å²) in [5, 5.41) is 9.13. The van der Waals surface area contributed by atoms with Gasteiger partial charge in [-0.3, -0.25) is 9.59 Å². The number of rotatable bonds is 4. The smallest absolute Gasteiger partial charge is 0.308 e. The Balaban J connectivity index is 2.16. The molecule has 3 unspecified atom stereocenters. The van der Waals surface area contributed by atoms with Gasteiger partial charge in [-0.1, -0.05) is 30.3 Å². The summed E-state index contributed by atoms with van der Waals surface area (Å²) in [4.78, 5) is 25.3. The average molecular weight is 277 g/mol. The highest BCUT2D eigenvalue weighted by Crippen LogP contribution is 2.29. The number of aliphatic carboxylic acids is 1. The Morgan fingerprint density at radius 2 is 2.00 bits per heavy atom. The van der Waals surface area contributed by atoms with Crippen LogP contribution in [-0.4, -0.2) is 41.6 Å². The lowest BCUT2D eigenvalue weighted by Crippen LogP contribution is -2.40. The van der Waals surface area contributed by atoms with Crippen molar-refractivity contribution in [2.24, 2.45) is 5.92 Å². The van der Waals surface area contributed by atoms with Crippen molar-refractivity contribution in [1.29, 1.82) is 0 Å². The molecule has 1 fully saturated rings. The topological polar surface area (TPSA) is 66.8 Å². The van der Waals surface area contributed by atoms with E-state index in [1.165, 1.54) is 7.11 Å². The van der Waals surface area contributed by atoms with E-state index in [1.54, 1.807) is 11.8 Å². The van der Waals surface area contributed by atoms with E-state index in [1.807, 2.05) is 30.3 Å². The van der Waals surface area contributed by atoms with Gasteiger partial charge in [-0.2, -0.15) is 0 Å². The van der Waals surface area contributed by atoms with Crippen LogP contribution >= 0.6 is 0 Å². The van der Waals surface area contributed by atoms with Crippen molar-refractivity contribution < 1.29 is 19.4 Å². The number of amides is 1. The fourth-order valence-electron chi connectivity index (χ4n) is 2.74. The number of likely N-dealkylation sites (tertiary alicyclic amines) is 1. The number of carbonyl (C=O) groups excluding carboxylic acids is 1. The lowest BCUT2D eigenvalue weighted by atomic mass is 10.0. The minimum absolute atomic E-state index is 0.171. The van der Waals surface area contributed by atoms with Gasteiger partial charge >= 0.3 is 5.97 Å². The largest absolute Gasteiger partial charge is 0.481 e. The van der Waals surface area contributed by atoms with E-state index in [-0.39, 0.29) is 11.9 Å². The average Bonchev–Trinajstić information content (AvgIpc) is 2.82. The maximum absolute atomic E-state index is 12.6. The Hall–Kier alpha value is -1.88. The SMILES string of the molecule is COC(C(=O)N1CCC(C(=O)O)C1C)c1ccccc1. The Labute approximate surface area is 118 Å². The number of ether oxygens (including phenoxy) is 1. The van der Waals surface area contributed by atoms with Gasteiger partial charge in [0.2, 0.25) is 0 Å². The van der Waals surface area contributed by atoms with Crippen molar-refractivity contribution in [3.05, 3.63) is 35.9 Å². The van der Waals surface area contributed by atoms with Gasteiger partial charge in [0.05, 0.1) is 5.92 Å². The highest BCUT2D eigenvalue weighted by atomic mass is 16.5. The highest BCUT2D eigenvalue weighted by Gasteiger charge is 2.40. The third kappa shape index (κ3) is 2.67. The number of carboxylic acids is 1. The summed E-state index contributed by atoms with van der Waals surface area (Å²) >= 11 is 0. The van der Waals surface area contributed by atoms with Gasteiger partial charge in [-0.05, 0) is 18.9 Å². The first-order valence-corrected chi connectivity index (χ1v) is 6.67. The molecule has 20 heavy (non-hydrogen) atoms. The van der Waals surface area contributed by atoms with Crippen LogP contribution in [-0.2, 0) is 14.3 Å². The molecule has 0 bridgehead atoms. The Kier molecular flexibility index (Phi) is 4.39. The van der Waals surface area contributed by atoms with Crippen LogP contribution in [0.4, 0.5) is 0 Å². The fraction of sp³-hybridized carbons (Fsp3) is 0.467. The minimum Gasteiger partial charge on any atom is -0.481 e. The molecule has 1 aromatic carbocycles. The maximum atomic E-state index is 12.6. The lowest BCUT2D eigenvalue weighted by molar-refractivity contribution is -0.146. The number of methoxy groups -OCH3 is 1. The quantitative estimate of drug-likeness (QED) is 0.909. The van der Waals surface area contributed by atoms with E-state index in [9.17, 15) is 9.59 Å². The summed E-state index contributed by atoms with van der Waals surface area (Å²) in [5.41, 5.74) is 0.783. The number of hydrogen-bond acceptors (Lipinski definition) is 3. The summed E-state index contributed by atoms with van der Waals surface area (Å²) < 4.78 is 5.32. The maximum Gasteiger partial charge on any atom is 0.308 e. The van der Waals surface area contributed by atoms with Crippen molar-refractivity contribution in [3.63, 3.8) is 0 Å². The molecule has 1 aliphatic rings. The molecule has 1 N–H and O–H groups in total. The predicted molar refractivity (Wildman–Crippen MR) is 73.1 cm³/mol. The summed E-state index contributed by atoms with van der Waals surface area (Å²) in [6.45, 7) is 2.24. The van der Waals surface area contributed by atoms with E-state index >= 15 is 0 Å². The van der Waals surface area contributed by atoms with E-state index in [2.05, 4.69) is 0 Å². The number of hydrogen-bond donors (Lipinski definition) is 1. The number of carbonyl (C=O) groups is 2. The van der Waals surface area contributed by atoms with Gasteiger partial charge in [-0.15, -0.1) is 0 Å².